The first-order valence-electron chi connectivity index (χ1n) is 8.13. The van der Waals surface area contributed by atoms with Gasteiger partial charge in [-0.05, 0) is 17.8 Å². The summed E-state index contributed by atoms with van der Waals surface area (Å²) in [6.07, 6.45) is 2.47. The smallest absolute Gasteiger partial charge is 0.307 e. The van der Waals surface area contributed by atoms with Crippen LogP contribution in [0.1, 0.15) is 33.0 Å². The maximum absolute atomic E-state index is 11.5. The predicted octanol–water partition coefficient (Wildman–Crippen LogP) is 3.37. The summed E-state index contributed by atoms with van der Waals surface area (Å²) in [7, 11) is 0. The Hall–Kier alpha value is -1.73. The van der Waals surface area contributed by atoms with Crippen molar-refractivity contribution in [2.45, 2.75) is 33.7 Å². The van der Waals surface area contributed by atoms with Gasteiger partial charge in [0.15, 0.2) is 5.76 Å². The van der Waals surface area contributed by atoms with Crippen molar-refractivity contribution in [2.75, 3.05) is 13.1 Å². The van der Waals surface area contributed by atoms with Gasteiger partial charge in [-0.1, -0.05) is 25.9 Å². The van der Waals surface area contributed by atoms with Gasteiger partial charge in [0.2, 0.25) is 0 Å². The summed E-state index contributed by atoms with van der Waals surface area (Å²) >= 11 is 1.52. The first kappa shape index (κ1) is 17.1. The standard InChI is InChI=1S/C17H23N3O3S/c1-17(2,3)12-6-11(16(21)22)8-20(9-12)10-13-7-14(19-23-13)15-18-4-5-24-15/h4-5,7,11-12H,6,8-10H2,1-3H3,(H,21,22). The van der Waals surface area contributed by atoms with E-state index in [1.807, 2.05) is 11.4 Å². The quantitative estimate of drug-likeness (QED) is 0.912. The van der Waals surface area contributed by atoms with Gasteiger partial charge in [0.05, 0.1) is 12.5 Å². The van der Waals surface area contributed by atoms with Crippen LogP contribution in [0.5, 0.6) is 0 Å². The zero-order valence-corrected chi connectivity index (χ0v) is 15.0. The fourth-order valence-electron chi connectivity index (χ4n) is 3.18. The van der Waals surface area contributed by atoms with Crippen molar-refractivity contribution in [1.82, 2.24) is 15.0 Å². The molecule has 6 nitrogen and oxygen atoms in total. The van der Waals surface area contributed by atoms with E-state index in [0.29, 0.717) is 19.0 Å². The Morgan fingerprint density at radius 2 is 2.25 bits per heavy atom. The molecule has 1 aliphatic heterocycles. The van der Waals surface area contributed by atoms with Crippen LogP contribution in [0, 0.1) is 17.3 Å². The topological polar surface area (TPSA) is 79.5 Å². The highest BCUT2D eigenvalue weighted by molar-refractivity contribution is 7.13. The molecule has 1 saturated heterocycles. The third-order valence-corrected chi connectivity index (χ3v) is 5.49. The van der Waals surface area contributed by atoms with Crippen LogP contribution in [0.4, 0.5) is 0 Å². The minimum atomic E-state index is -0.713. The molecule has 24 heavy (non-hydrogen) atoms. The van der Waals surface area contributed by atoms with Gasteiger partial charge in [-0.3, -0.25) is 9.69 Å². The molecule has 3 rings (SSSR count). The van der Waals surface area contributed by atoms with Crippen molar-refractivity contribution in [2.24, 2.45) is 17.3 Å². The Morgan fingerprint density at radius 3 is 2.88 bits per heavy atom. The number of thiazole rings is 1. The minimum Gasteiger partial charge on any atom is -0.481 e. The molecule has 3 heterocycles. The summed E-state index contributed by atoms with van der Waals surface area (Å²) in [4.78, 5) is 17.9. The lowest BCUT2D eigenvalue weighted by molar-refractivity contribution is -0.145. The molecular formula is C17H23N3O3S. The lowest BCUT2D eigenvalue weighted by Gasteiger charge is -2.41. The first-order valence-corrected chi connectivity index (χ1v) is 9.01. The fraction of sp³-hybridized carbons (Fsp3) is 0.588. The van der Waals surface area contributed by atoms with Gasteiger partial charge in [0.1, 0.15) is 10.7 Å². The van der Waals surface area contributed by atoms with Crippen molar-refractivity contribution in [3.05, 3.63) is 23.4 Å². The summed E-state index contributed by atoms with van der Waals surface area (Å²) < 4.78 is 5.44. The number of carbonyl (C=O) groups is 1. The largest absolute Gasteiger partial charge is 0.481 e. The van der Waals surface area contributed by atoms with Crippen molar-refractivity contribution < 1.29 is 14.4 Å². The molecule has 2 aromatic rings. The molecule has 0 saturated carbocycles. The number of rotatable bonds is 4. The number of hydrogen-bond acceptors (Lipinski definition) is 6. The number of piperidine rings is 1. The highest BCUT2D eigenvalue weighted by Crippen LogP contribution is 2.36. The summed E-state index contributed by atoms with van der Waals surface area (Å²) in [5.41, 5.74) is 0.819. The van der Waals surface area contributed by atoms with Crippen LogP contribution >= 0.6 is 11.3 Å². The van der Waals surface area contributed by atoms with Gasteiger partial charge in [0.25, 0.3) is 0 Å². The number of aromatic nitrogens is 2. The summed E-state index contributed by atoms with van der Waals surface area (Å²) in [5, 5.41) is 16.3. The summed E-state index contributed by atoms with van der Waals surface area (Å²) in [5.74, 6) is 0.0481. The average molecular weight is 349 g/mol. The minimum absolute atomic E-state index is 0.0832. The van der Waals surface area contributed by atoms with E-state index in [4.69, 9.17) is 4.52 Å². The zero-order chi connectivity index (χ0) is 17.3. The number of likely N-dealkylation sites (tertiary alicyclic amines) is 1. The molecule has 7 heteroatoms. The van der Waals surface area contributed by atoms with Gasteiger partial charge in [-0.2, -0.15) is 0 Å². The summed E-state index contributed by atoms with van der Waals surface area (Å²) in [6.45, 7) is 8.53. The average Bonchev–Trinajstić information content (AvgIpc) is 3.16. The number of aliphatic carboxylic acids is 1. The molecule has 2 atom stereocenters. The third kappa shape index (κ3) is 3.84. The first-order chi connectivity index (χ1) is 11.3. The number of nitrogens with zero attached hydrogens (tertiary/aromatic N) is 3. The molecule has 0 spiro atoms. The Labute approximate surface area is 145 Å². The third-order valence-electron chi connectivity index (χ3n) is 4.69. The molecule has 1 aliphatic rings. The molecule has 1 N–H and O–H groups in total. The monoisotopic (exact) mass is 349 g/mol. The second-order valence-corrected chi connectivity index (χ2v) is 8.44. The van der Waals surface area contributed by atoms with E-state index in [-0.39, 0.29) is 11.3 Å². The van der Waals surface area contributed by atoms with Crippen LogP contribution in [0.25, 0.3) is 10.7 Å². The number of carboxylic acid groups (broad SMARTS) is 1. The number of carboxylic acids is 1. The van der Waals surface area contributed by atoms with Crippen LogP contribution in [0.15, 0.2) is 22.2 Å². The SMILES string of the molecule is CC(C)(C)C1CC(C(=O)O)CN(Cc2cc(-c3nccs3)no2)C1. The maximum atomic E-state index is 11.5. The molecule has 0 radical (unpaired) electrons. The highest BCUT2D eigenvalue weighted by atomic mass is 32.1. The molecule has 130 valence electrons. The molecule has 0 amide bonds. The van der Waals surface area contributed by atoms with Crippen molar-refractivity contribution in [3.63, 3.8) is 0 Å². The Balaban J connectivity index is 1.72. The van der Waals surface area contributed by atoms with Crippen LogP contribution < -0.4 is 0 Å². The predicted molar refractivity (Wildman–Crippen MR) is 91.6 cm³/mol. The van der Waals surface area contributed by atoms with Gasteiger partial charge in [-0.15, -0.1) is 11.3 Å². The van der Waals surface area contributed by atoms with E-state index in [9.17, 15) is 9.90 Å². The Morgan fingerprint density at radius 1 is 1.46 bits per heavy atom. The highest BCUT2D eigenvalue weighted by Gasteiger charge is 2.37. The van der Waals surface area contributed by atoms with Gasteiger partial charge in [0, 0.05) is 30.7 Å². The number of hydrogen-bond donors (Lipinski definition) is 1. The van der Waals surface area contributed by atoms with Gasteiger partial charge >= 0.3 is 5.97 Å². The van der Waals surface area contributed by atoms with Gasteiger partial charge in [-0.25, -0.2) is 4.98 Å². The zero-order valence-electron chi connectivity index (χ0n) is 14.2. The lowest BCUT2D eigenvalue weighted by atomic mass is 9.73. The van der Waals surface area contributed by atoms with E-state index in [1.165, 1.54) is 11.3 Å². The molecule has 2 unspecified atom stereocenters. The Kier molecular flexibility index (Phi) is 4.73. The maximum Gasteiger partial charge on any atom is 0.307 e. The van der Waals surface area contributed by atoms with Crippen molar-refractivity contribution in [1.29, 1.82) is 0 Å². The second kappa shape index (κ2) is 6.64. The summed E-state index contributed by atoms with van der Waals surface area (Å²) in [6, 6.07) is 1.90. The molecule has 0 aromatic carbocycles. The van der Waals surface area contributed by atoms with E-state index in [0.717, 1.165) is 29.4 Å². The molecule has 0 bridgehead atoms. The lowest BCUT2D eigenvalue weighted by Crippen LogP contribution is -2.46. The van der Waals surface area contributed by atoms with E-state index in [2.05, 4.69) is 35.8 Å². The van der Waals surface area contributed by atoms with Crippen LogP contribution in [0.2, 0.25) is 0 Å². The fourth-order valence-corrected chi connectivity index (χ4v) is 3.77. The van der Waals surface area contributed by atoms with Gasteiger partial charge < -0.3 is 9.63 Å². The normalized spacial score (nSPS) is 22.6. The molecule has 0 aliphatic carbocycles. The van der Waals surface area contributed by atoms with Crippen LogP contribution in [-0.2, 0) is 11.3 Å². The van der Waals surface area contributed by atoms with E-state index in [1.54, 1.807) is 6.20 Å². The second-order valence-electron chi connectivity index (χ2n) is 7.54. The van der Waals surface area contributed by atoms with Crippen molar-refractivity contribution in [3.8, 4) is 10.7 Å². The molecule has 1 fully saturated rings. The molecular weight excluding hydrogens is 326 g/mol. The van der Waals surface area contributed by atoms with Crippen LogP contribution in [0.3, 0.4) is 0 Å². The van der Waals surface area contributed by atoms with Crippen LogP contribution in [-0.4, -0.2) is 39.2 Å². The Bertz CT molecular complexity index is 690. The van der Waals surface area contributed by atoms with E-state index >= 15 is 0 Å². The van der Waals surface area contributed by atoms with E-state index < -0.39 is 5.97 Å². The molecule has 2 aromatic heterocycles. The van der Waals surface area contributed by atoms with Crippen molar-refractivity contribution >= 4 is 17.3 Å².